The molecule has 0 aliphatic heterocycles. The number of nitrogen functional groups attached to an aromatic ring is 1. The van der Waals surface area contributed by atoms with Crippen LogP contribution < -0.4 is 10.5 Å². The van der Waals surface area contributed by atoms with Crippen molar-refractivity contribution in [2.24, 2.45) is 0 Å². The molecule has 19 heavy (non-hydrogen) atoms. The van der Waals surface area contributed by atoms with Gasteiger partial charge in [-0.15, -0.1) is 0 Å². The average Bonchev–Trinajstić information content (AvgIpc) is 2.40. The zero-order chi connectivity index (χ0) is 13.8. The van der Waals surface area contributed by atoms with Crippen LogP contribution in [0.15, 0.2) is 24.5 Å². The van der Waals surface area contributed by atoms with Crippen molar-refractivity contribution in [1.82, 2.24) is 9.97 Å². The Bertz CT molecular complexity index is 585. The molecule has 0 fully saturated rings. The second-order valence-electron chi connectivity index (χ2n) is 4.31. The SMILES string of the molecule is Cc1ccc(-c2c(N)ncnc2OCCO)cc1C. The molecule has 0 spiro atoms. The van der Waals surface area contributed by atoms with Crippen LogP contribution in [0.5, 0.6) is 5.88 Å². The normalized spacial score (nSPS) is 10.5. The largest absolute Gasteiger partial charge is 0.475 e. The number of ether oxygens (including phenoxy) is 1. The molecule has 0 saturated heterocycles. The number of nitrogens with zero attached hydrogens (tertiary/aromatic N) is 2. The summed E-state index contributed by atoms with van der Waals surface area (Å²) >= 11 is 0. The molecule has 0 bridgehead atoms. The van der Waals surface area contributed by atoms with Crippen LogP contribution in [0.1, 0.15) is 11.1 Å². The highest BCUT2D eigenvalue weighted by molar-refractivity contribution is 5.78. The summed E-state index contributed by atoms with van der Waals surface area (Å²) in [6, 6.07) is 6.01. The lowest BCUT2D eigenvalue weighted by atomic mass is 10.0. The molecule has 0 aliphatic carbocycles. The Kier molecular flexibility index (Phi) is 3.97. The topological polar surface area (TPSA) is 81.3 Å². The van der Waals surface area contributed by atoms with Gasteiger partial charge >= 0.3 is 0 Å². The van der Waals surface area contributed by atoms with Crippen LogP contribution in [-0.2, 0) is 0 Å². The van der Waals surface area contributed by atoms with Crippen molar-refractivity contribution in [3.05, 3.63) is 35.7 Å². The van der Waals surface area contributed by atoms with Gasteiger partial charge in [0.25, 0.3) is 0 Å². The Morgan fingerprint density at radius 3 is 2.68 bits per heavy atom. The Labute approximate surface area is 112 Å². The van der Waals surface area contributed by atoms with E-state index >= 15 is 0 Å². The minimum absolute atomic E-state index is 0.0731. The molecule has 0 aliphatic rings. The predicted octanol–water partition coefficient (Wildman–Crippen LogP) is 1.71. The Balaban J connectivity index is 2.50. The molecule has 5 heteroatoms. The molecule has 2 aromatic rings. The number of anilines is 1. The van der Waals surface area contributed by atoms with Gasteiger partial charge in [-0.2, -0.15) is 0 Å². The summed E-state index contributed by atoms with van der Waals surface area (Å²) in [4.78, 5) is 8.08. The summed E-state index contributed by atoms with van der Waals surface area (Å²) in [7, 11) is 0. The van der Waals surface area contributed by atoms with Gasteiger partial charge in [-0.1, -0.05) is 18.2 Å². The quantitative estimate of drug-likeness (QED) is 0.873. The van der Waals surface area contributed by atoms with Gasteiger partial charge in [0.05, 0.1) is 12.2 Å². The predicted molar refractivity (Wildman–Crippen MR) is 73.9 cm³/mol. The van der Waals surface area contributed by atoms with Gasteiger partial charge in [0.2, 0.25) is 5.88 Å². The fourth-order valence-electron chi connectivity index (χ4n) is 1.80. The second-order valence-corrected chi connectivity index (χ2v) is 4.31. The molecule has 1 aromatic heterocycles. The van der Waals surface area contributed by atoms with E-state index in [-0.39, 0.29) is 13.2 Å². The maximum atomic E-state index is 8.84. The molecule has 0 radical (unpaired) electrons. The standard InChI is InChI=1S/C14H17N3O2/c1-9-3-4-11(7-10(9)2)12-13(15)16-8-17-14(12)19-6-5-18/h3-4,7-8,18H,5-6H2,1-2H3,(H2,15,16,17). The number of nitrogens with two attached hydrogens (primary N) is 1. The van der Waals surface area contributed by atoms with E-state index in [9.17, 15) is 0 Å². The van der Waals surface area contributed by atoms with Crippen molar-refractivity contribution in [3.8, 4) is 17.0 Å². The Hall–Kier alpha value is -2.14. The van der Waals surface area contributed by atoms with Crippen LogP contribution in [0.4, 0.5) is 5.82 Å². The number of aliphatic hydroxyl groups excluding tert-OH is 1. The summed E-state index contributed by atoms with van der Waals surface area (Å²) in [5.74, 6) is 0.760. The van der Waals surface area contributed by atoms with E-state index in [0.29, 0.717) is 17.3 Å². The van der Waals surface area contributed by atoms with Crippen LogP contribution in [0.25, 0.3) is 11.1 Å². The van der Waals surface area contributed by atoms with Crippen LogP contribution in [-0.4, -0.2) is 28.3 Å². The minimum Gasteiger partial charge on any atom is -0.475 e. The summed E-state index contributed by atoms with van der Waals surface area (Å²) in [5.41, 5.74) is 9.86. The van der Waals surface area contributed by atoms with E-state index in [1.165, 1.54) is 11.9 Å². The lowest BCUT2D eigenvalue weighted by Crippen LogP contribution is -2.06. The van der Waals surface area contributed by atoms with Crippen molar-refractivity contribution in [3.63, 3.8) is 0 Å². The van der Waals surface area contributed by atoms with Crippen LogP contribution in [0, 0.1) is 13.8 Å². The molecule has 0 saturated carbocycles. The lowest BCUT2D eigenvalue weighted by Gasteiger charge is -2.12. The number of rotatable bonds is 4. The first kappa shape index (κ1) is 13.3. The van der Waals surface area contributed by atoms with Gasteiger partial charge in [-0.25, -0.2) is 9.97 Å². The molecule has 0 amide bonds. The highest BCUT2D eigenvalue weighted by atomic mass is 16.5. The smallest absolute Gasteiger partial charge is 0.226 e. The molecule has 1 aromatic carbocycles. The van der Waals surface area contributed by atoms with Crippen molar-refractivity contribution >= 4 is 5.82 Å². The number of hydrogen-bond donors (Lipinski definition) is 2. The van der Waals surface area contributed by atoms with Crippen molar-refractivity contribution in [2.75, 3.05) is 18.9 Å². The number of aryl methyl sites for hydroxylation is 2. The first-order valence-corrected chi connectivity index (χ1v) is 6.05. The summed E-state index contributed by atoms with van der Waals surface area (Å²) in [6.45, 7) is 4.19. The molecular weight excluding hydrogens is 242 g/mol. The first-order chi connectivity index (χ1) is 9.13. The molecule has 100 valence electrons. The van der Waals surface area contributed by atoms with Gasteiger partial charge in [0, 0.05) is 0 Å². The molecule has 1 heterocycles. The van der Waals surface area contributed by atoms with Crippen molar-refractivity contribution in [1.29, 1.82) is 0 Å². The molecule has 5 nitrogen and oxygen atoms in total. The van der Waals surface area contributed by atoms with Crippen molar-refractivity contribution in [2.45, 2.75) is 13.8 Å². The highest BCUT2D eigenvalue weighted by Crippen LogP contribution is 2.33. The molecular formula is C14H17N3O2. The summed E-state index contributed by atoms with van der Waals surface area (Å²) in [6.07, 6.45) is 1.35. The van der Waals surface area contributed by atoms with Gasteiger partial charge in [-0.3, -0.25) is 0 Å². The molecule has 3 N–H and O–H groups in total. The number of benzene rings is 1. The van der Waals surface area contributed by atoms with Crippen molar-refractivity contribution < 1.29 is 9.84 Å². The fourth-order valence-corrected chi connectivity index (χ4v) is 1.80. The third kappa shape index (κ3) is 2.82. The van der Waals surface area contributed by atoms with Gasteiger partial charge < -0.3 is 15.6 Å². The van der Waals surface area contributed by atoms with Crippen LogP contribution in [0.2, 0.25) is 0 Å². The zero-order valence-corrected chi connectivity index (χ0v) is 11.1. The van der Waals surface area contributed by atoms with E-state index in [1.54, 1.807) is 0 Å². The second kappa shape index (κ2) is 5.67. The van der Waals surface area contributed by atoms with Crippen LogP contribution in [0.3, 0.4) is 0 Å². The number of hydrogen-bond acceptors (Lipinski definition) is 5. The van der Waals surface area contributed by atoms with Gasteiger partial charge in [-0.05, 0) is 30.5 Å². The Morgan fingerprint density at radius 2 is 2.00 bits per heavy atom. The lowest BCUT2D eigenvalue weighted by molar-refractivity contribution is 0.197. The average molecular weight is 259 g/mol. The van der Waals surface area contributed by atoms with E-state index in [4.69, 9.17) is 15.6 Å². The third-order valence-electron chi connectivity index (χ3n) is 2.97. The van der Waals surface area contributed by atoms with E-state index in [2.05, 4.69) is 9.97 Å². The summed E-state index contributed by atoms with van der Waals surface area (Å²) in [5, 5.41) is 8.84. The number of aliphatic hydroxyl groups is 1. The first-order valence-electron chi connectivity index (χ1n) is 6.05. The minimum atomic E-state index is -0.0731. The molecule has 2 rings (SSSR count). The van der Waals surface area contributed by atoms with E-state index in [0.717, 1.165) is 11.1 Å². The van der Waals surface area contributed by atoms with E-state index < -0.39 is 0 Å². The fraction of sp³-hybridized carbons (Fsp3) is 0.286. The highest BCUT2D eigenvalue weighted by Gasteiger charge is 2.13. The third-order valence-corrected chi connectivity index (χ3v) is 2.97. The molecule has 0 atom stereocenters. The Morgan fingerprint density at radius 1 is 1.21 bits per heavy atom. The zero-order valence-electron chi connectivity index (χ0n) is 11.1. The maximum absolute atomic E-state index is 8.84. The summed E-state index contributed by atoms with van der Waals surface area (Å²) < 4.78 is 5.41. The molecule has 0 unspecified atom stereocenters. The van der Waals surface area contributed by atoms with E-state index in [1.807, 2.05) is 32.0 Å². The maximum Gasteiger partial charge on any atom is 0.226 e. The number of aromatic nitrogens is 2. The van der Waals surface area contributed by atoms with Gasteiger partial charge in [0.15, 0.2) is 0 Å². The monoisotopic (exact) mass is 259 g/mol. The van der Waals surface area contributed by atoms with Gasteiger partial charge in [0.1, 0.15) is 18.8 Å². The van der Waals surface area contributed by atoms with Crippen LogP contribution >= 0.6 is 0 Å².